The molecule has 6 heteroatoms. The third kappa shape index (κ3) is 4.81. The number of carbonyl (C=O) groups is 1. The molecule has 0 spiro atoms. The summed E-state index contributed by atoms with van der Waals surface area (Å²) < 4.78 is 5.27. The number of anilines is 1. The number of rotatable bonds is 4. The number of ether oxygens (including phenoxy) is 1. The maximum atomic E-state index is 11.3. The lowest BCUT2D eigenvalue weighted by Crippen LogP contribution is -2.32. The number of benzene rings is 1. The van der Waals surface area contributed by atoms with Crippen molar-refractivity contribution in [1.82, 2.24) is 0 Å². The number of amides is 1. The van der Waals surface area contributed by atoms with E-state index >= 15 is 0 Å². The van der Waals surface area contributed by atoms with Crippen LogP contribution in [-0.4, -0.2) is 18.6 Å². The van der Waals surface area contributed by atoms with Gasteiger partial charge in [-0.1, -0.05) is 11.6 Å². The van der Waals surface area contributed by atoms with E-state index < -0.39 is 6.04 Å². The van der Waals surface area contributed by atoms with Crippen LogP contribution in [0.4, 0.5) is 5.69 Å². The van der Waals surface area contributed by atoms with Crippen molar-refractivity contribution in [2.75, 3.05) is 11.9 Å². The van der Waals surface area contributed by atoms with Gasteiger partial charge in [0.15, 0.2) is 0 Å². The molecule has 1 amide bonds. The summed E-state index contributed by atoms with van der Waals surface area (Å²) in [6.07, 6.45) is 0. The smallest absolute Gasteiger partial charge is 0.240 e. The van der Waals surface area contributed by atoms with Crippen LogP contribution in [0, 0.1) is 0 Å². The fourth-order valence-electron chi connectivity index (χ4n) is 1.11. The first-order valence-corrected chi connectivity index (χ1v) is 5.41. The highest BCUT2D eigenvalue weighted by atomic mass is 35.5. The van der Waals surface area contributed by atoms with E-state index in [1.165, 1.54) is 0 Å². The van der Waals surface area contributed by atoms with E-state index in [0.717, 1.165) is 0 Å². The van der Waals surface area contributed by atoms with Gasteiger partial charge in [-0.25, -0.2) is 0 Å². The second-order valence-electron chi connectivity index (χ2n) is 3.36. The van der Waals surface area contributed by atoms with Crippen molar-refractivity contribution in [2.45, 2.75) is 19.9 Å². The maximum Gasteiger partial charge on any atom is 0.240 e. The van der Waals surface area contributed by atoms with Crippen LogP contribution in [0.3, 0.4) is 0 Å². The fourth-order valence-corrected chi connectivity index (χ4v) is 1.34. The van der Waals surface area contributed by atoms with Crippen molar-refractivity contribution in [1.29, 1.82) is 0 Å². The lowest BCUT2D eigenvalue weighted by Gasteiger charge is -2.10. The highest BCUT2D eigenvalue weighted by Crippen LogP contribution is 2.27. The molecule has 0 radical (unpaired) electrons. The molecule has 0 saturated heterocycles. The lowest BCUT2D eigenvalue weighted by molar-refractivity contribution is -0.117. The molecule has 1 aromatic carbocycles. The fraction of sp³-hybridized carbons (Fsp3) is 0.364. The Labute approximate surface area is 112 Å². The molecule has 1 aromatic rings. The molecular formula is C11H16Cl2N2O2. The molecule has 0 heterocycles. The Morgan fingerprint density at radius 3 is 2.71 bits per heavy atom. The molecular weight excluding hydrogens is 263 g/mol. The summed E-state index contributed by atoms with van der Waals surface area (Å²) in [6.45, 7) is 4.04. The Morgan fingerprint density at radius 1 is 1.59 bits per heavy atom. The molecule has 3 N–H and O–H groups in total. The van der Waals surface area contributed by atoms with Gasteiger partial charge in [0.05, 0.1) is 17.7 Å². The summed E-state index contributed by atoms with van der Waals surface area (Å²) in [7, 11) is 0. The van der Waals surface area contributed by atoms with Crippen LogP contribution in [-0.2, 0) is 4.79 Å². The number of halogens is 2. The van der Waals surface area contributed by atoms with Gasteiger partial charge < -0.3 is 15.8 Å². The number of nitrogens with two attached hydrogens (primary N) is 1. The van der Waals surface area contributed by atoms with Gasteiger partial charge in [-0.2, -0.15) is 0 Å². The molecule has 0 aliphatic rings. The van der Waals surface area contributed by atoms with Crippen LogP contribution in [0.25, 0.3) is 0 Å². The minimum atomic E-state index is -0.551. The second-order valence-corrected chi connectivity index (χ2v) is 3.76. The van der Waals surface area contributed by atoms with Gasteiger partial charge in [0, 0.05) is 5.69 Å². The Bertz CT molecular complexity index is 384. The van der Waals surface area contributed by atoms with Crippen LogP contribution < -0.4 is 15.8 Å². The number of nitrogens with one attached hydrogen (secondary N) is 1. The largest absolute Gasteiger partial charge is 0.492 e. The molecule has 0 aliphatic heterocycles. The average Bonchev–Trinajstić information content (AvgIpc) is 2.22. The van der Waals surface area contributed by atoms with Gasteiger partial charge in [-0.05, 0) is 32.0 Å². The molecule has 0 aromatic heterocycles. The average molecular weight is 279 g/mol. The molecule has 0 saturated carbocycles. The molecule has 0 unspecified atom stereocenters. The van der Waals surface area contributed by atoms with Gasteiger partial charge in [-0.15, -0.1) is 12.4 Å². The summed E-state index contributed by atoms with van der Waals surface area (Å²) >= 11 is 5.96. The molecule has 0 aliphatic carbocycles. The topological polar surface area (TPSA) is 64.3 Å². The third-order valence-corrected chi connectivity index (χ3v) is 2.21. The zero-order chi connectivity index (χ0) is 12.1. The third-order valence-electron chi connectivity index (χ3n) is 1.91. The van der Waals surface area contributed by atoms with Gasteiger partial charge in [0.2, 0.25) is 5.91 Å². The van der Waals surface area contributed by atoms with Gasteiger partial charge >= 0.3 is 0 Å². The van der Waals surface area contributed by atoms with Crippen molar-refractivity contribution >= 4 is 35.6 Å². The molecule has 4 nitrogen and oxygen atoms in total. The summed E-state index contributed by atoms with van der Waals surface area (Å²) in [5.74, 6) is 0.350. The van der Waals surface area contributed by atoms with Gasteiger partial charge in [0.25, 0.3) is 0 Å². The first kappa shape index (κ1) is 16.0. The normalized spacial score (nSPS) is 11.3. The molecule has 0 fully saturated rings. The Morgan fingerprint density at radius 2 is 2.24 bits per heavy atom. The number of hydrogen-bond acceptors (Lipinski definition) is 3. The molecule has 96 valence electrons. The summed E-state index contributed by atoms with van der Waals surface area (Å²) in [6, 6.07) is 4.51. The predicted octanol–water partition coefficient (Wildman–Crippen LogP) is 2.45. The minimum absolute atomic E-state index is 0. The minimum Gasteiger partial charge on any atom is -0.492 e. The van der Waals surface area contributed by atoms with E-state index in [0.29, 0.717) is 23.1 Å². The van der Waals surface area contributed by atoms with E-state index in [1.807, 2.05) is 6.92 Å². The van der Waals surface area contributed by atoms with E-state index in [2.05, 4.69) is 5.32 Å². The highest BCUT2D eigenvalue weighted by molar-refractivity contribution is 6.32. The molecule has 1 rings (SSSR count). The van der Waals surface area contributed by atoms with E-state index in [4.69, 9.17) is 22.1 Å². The van der Waals surface area contributed by atoms with Gasteiger partial charge in [-0.3, -0.25) is 4.79 Å². The highest BCUT2D eigenvalue weighted by Gasteiger charge is 2.09. The van der Waals surface area contributed by atoms with Crippen LogP contribution in [0.15, 0.2) is 18.2 Å². The van der Waals surface area contributed by atoms with Crippen molar-refractivity contribution < 1.29 is 9.53 Å². The second kappa shape index (κ2) is 7.37. The predicted molar refractivity (Wildman–Crippen MR) is 72.1 cm³/mol. The number of hydrogen-bond donors (Lipinski definition) is 2. The Balaban J connectivity index is 0.00000256. The Hall–Kier alpha value is -0.970. The van der Waals surface area contributed by atoms with E-state index in [9.17, 15) is 4.79 Å². The van der Waals surface area contributed by atoms with Crippen LogP contribution in [0.2, 0.25) is 5.02 Å². The molecule has 1 atom stereocenters. The SMILES string of the molecule is CCOc1ccc(NC(=O)[C@@H](C)N)cc1Cl.Cl. The van der Waals surface area contributed by atoms with Crippen molar-refractivity contribution in [3.63, 3.8) is 0 Å². The monoisotopic (exact) mass is 278 g/mol. The van der Waals surface area contributed by atoms with Crippen LogP contribution in [0.1, 0.15) is 13.8 Å². The first-order chi connectivity index (χ1) is 7.54. The molecule has 0 bridgehead atoms. The zero-order valence-electron chi connectivity index (χ0n) is 9.70. The molecule has 17 heavy (non-hydrogen) atoms. The van der Waals surface area contributed by atoms with E-state index in [1.54, 1.807) is 25.1 Å². The van der Waals surface area contributed by atoms with Crippen molar-refractivity contribution in [3.8, 4) is 5.75 Å². The Kier molecular flexibility index (Phi) is 6.95. The quantitative estimate of drug-likeness (QED) is 0.889. The summed E-state index contributed by atoms with van der Waals surface area (Å²) in [4.78, 5) is 11.3. The summed E-state index contributed by atoms with van der Waals surface area (Å²) in [5, 5.41) is 3.11. The standard InChI is InChI=1S/C11H15ClN2O2.ClH/c1-3-16-10-5-4-8(6-9(10)12)14-11(15)7(2)13;/h4-7H,3,13H2,1-2H3,(H,14,15);1H/t7-;/m1./s1. The first-order valence-electron chi connectivity index (χ1n) is 5.03. The van der Waals surface area contributed by atoms with Crippen molar-refractivity contribution in [3.05, 3.63) is 23.2 Å². The number of carbonyl (C=O) groups excluding carboxylic acids is 1. The summed E-state index contributed by atoms with van der Waals surface area (Å²) in [5.41, 5.74) is 6.04. The van der Waals surface area contributed by atoms with Gasteiger partial charge in [0.1, 0.15) is 5.75 Å². The van der Waals surface area contributed by atoms with E-state index in [-0.39, 0.29) is 18.3 Å². The van der Waals surface area contributed by atoms with Crippen molar-refractivity contribution in [2.24, 2.45) is 5.73 Å². The van der Waals surface area contributed by atoms with Crippen LogP contribution in [0.5, 0.6) is 5.75 Å². The zero-order valence-corrected chi connectivity index (χ0v) is 11.3. The maximum absolute atomic E-state index is 11.3. The lowest BCUT2D eigenvalue weighted by atomic mass is 10.2. The van der Waals surface area contributed by atoms with Crippen LogP contribution >= 0.6 is 24.0 Å².